The number of hydrogen-bond acceptors (Lipinski definition) is 9. The molecule has 0 radical (unpaired) electrons. The zero-order valence-corrected chi connectivity index (χ0v) is 25.6. The van der Waals surface area contributed by atoms with Crippen LogP contribution >= 0.6 is 22.9 Å². The Balaban J connectivity index is 1.43. The fourth-order valence-electron chi connectivity index (χ4n) is 5.15. The lowest BCUT2D eigenvalue weighted by molar-refractivity contribution is 0.0941. The number of benzene rings is 1. The van der Waals surface area contributed by atoms with Crippen molar-refractivity contribution in [2.75, 3.05) is 16.8 Å². The highest BCUT2D eigenvalue weighted by Crippen LogP contribution is 2.40. The fourth-order valence-corrected chi connectivity index (χ4v) is 9.60. The van der Waals surface area contributed by atoms with Crippen LogP contribution in [0.25, 0.3) is 0 Å². The van der Waals surface area contributed by atoms with E-state index < -0.39 is 42.7 Å². The number of nitrogens with zero attached hydrogens (tertiary/aromatic N) is 2. The molecule has 218 valence electrons. The molecule has 2 amide bonds. The van der Waals surface area contributed by atoms with Crippen molar-refractivity contribution in [1.29, 1.82) is 0 Å². The first-order chi connectivity index (χ1) is 19.3. The molecule has 2 atom stereocenters. The highest BCUT2D eigenvalue weighted by molar-refractivity contribution is 7.91. The Hall–Kier alpha value is -2.87. The summed E-state index contributed by atoms with van der Waals surface area (Å²) in [6.07, 6.45) is 3.65. The van der Waals surface area contributed by atoms with Crippen molar-refractivity contribution < 1.29 is 26.4 Å². The van der Waals surface area contributed by atoms with Gasteiger partial charge in [-0.2, -0.15) is 0 Å². The van der Waals surface area contributed by atoms with Gasteiger partial charge in [-0.05, 0) is 49.7 Å². The molecule has 5 rings (SSSR count). The van der Waals surface area contributed by atoms with Gasteiger partial charge < -0.3 is 10.6 Å². The quantitative estimate of drug-likeness (QED) is 0.372. The third-order valence-electron chi connectivity index (χ3n) is 7.19. The number of sulfone groups is 2. The van der Waals surface area contributed by atoms with E-state index in [9.17, 15) is 26.4 Å². The van der Waals surface area contributed by atoms with Crippen molar-refractivity contribution in [3.63, 3.8) is 0 Å². The number of aryl methyl sites for hydroxylation is 1. The molecule has 2 N–H and O–H groups in total. The predicted octanol–water partition coefficient (Wildman–Crippen LogP) is 3.77. The van der Waals surface area contributed by atoms with Gasteiger partial charge in [0.05, 0.1) is 34.0 Å². The van der Waals surface area contributed by atoms with E-state index in [2.05, 4.69) is 27.5 Å². The number of rotatable bonds is 7. The minimum atomic E-state index is -4.00. The van der Waals surface area contributed by atoms with Crippen LogP contribution in [0.2, 0.25) is 5.02 Å². The average Bonchev–Trinajstić information content (AvgIpc) is 3.41. The molecule has 2 unspecified atom stereocenters. The fraction of sp³-hybridized carbons (Fsp3) is 0.407. The number of nitrogens with one attached hydrogen (secondary N) is 2. The number of carbonyl (C=O) groups is 2. The highest BCUT2D eigenvalue weighted by Gasteiger charge is 2.33. The molecule has 1 fully saturated rings. The van der Waals surface area contributed by atoms with Gasteiger partial charge in [0.25, 0.3) is 11.8 Å². The Morgan fingerprint density at radius 2 is 1.98 bits per heavy atom. The summed E-state index contributed by atoms with van der Waals surface area (Å²) in [6.45, 7) is 3.97. The smallest absolute Gasteiger partial charge is 0.276 e. The van der Waals surface area contributed by atoms with E-state index >= 15 is 0 Å². The Labute approximate surface area is 247 Å². The van der Waals surface area contributed by atoms with Crippen LogP contribution in [0.5, 0.6) is 0 Å². The zero-order chi connectivity index (χ0) is 29.5. The van der Waals surface area contributed by atoms with Crippen LogP contribution in [0.4, 0.5) is 5.00 Å². The normalized spacial score (nSPS) is 19.9. The zero-order valence-electron chi connectivity index (χ0n) is 22.4. The number of aromatic nitrogens is 2. The van der Waals surface area contributed by atoms with Crippen LogP contribution in [-0.4, -0.2) is 56.2 Å². The van der Waals surface area contributed by atoms with Crippen LogP contribution in [-0.2, 0) is 38.3 Å². The molecule has 0 spiro atoms. The second kappa shape index (κ2) is 11.4. The number of fused-ring (bicyclic) bond motifs is 1. The highest BCUT2D eigenvalue weighted by atomic mass is 35.5. The topological polar surface area (TPSA) is 152 Å². The van der Waals surface area contributed by atoms with Gasteiger partial charge in [0.2, 0.25) is 15.0 Å². The Morgan fingerprint density at radius 1 is 1.20 bits per heavy atom. The number of carbonyl (C=O) groups excluding carboxylic acids is 2. The molecular formula is C27H29ClN4O6S3. The van der Waals surface area contributed by atoms with Crippen molar-refractivity contribution >= 4 is 59.4 Å². The summed E-state index contributed by atoms with van der Waals surface area (Å²) in [5, 5.41) is 5.16. The first kappa shape index (κ1) is 29.6. The van der Waals surface area contributed by atoms with Crippen LogP contribution < -0.4 is 10.6 Å². The molecule has 2 aliphatic rings. The van der Waals surface area contributed by atoms with Crippen LogP contribution in [0.3, 0.4) is 0 Å². The molecule has 0 bridgehead atoms. The summed E-state index contributed by atoms with van der Waals surface area (Å²) in [7, 11) is -7.20. The Morgan fingerprint density at radius 3 is 2.68 bits per heavy atom. The summed E-state index contributed by atoms with van der Waals surface area (Å²) in [5.74, 6) is -1.30. The Bertz CT molecular complexity index is 1750. The lowest BCUT2D eigenvalue weighted by Gasteiger charge is -2.19. The van der Waals surface area contributed by atoms with E-state index in [1.54, 1.807) is 18.2 Å². The van der Waals surface area contributed by atoms with E-state index in [0.29, 0.717) is 29.9 Å². The molecule has 1 aromatic carbocycles. The standard InChI is InChI=1S/C27H29ClN4O6S3/c1-15-4-3-5-17(10-15)13-41(37,38)27-29-12-20(28)23(31-27)25(34)32-26-22(19-7-6-16(2)11-21(19)39-26)24(33)30-18-8-9-40(35,36)14-18/h3-5,10,12,16,18H,6-9,11,13-14H2,1-2H3,(H,30,33)(H,32,34). The van der Waals surface area contributed by atoms with Crippen molar-refractivity contribution in [2.45, 2.75) is 56.5 Å². The van der Waals surface area contributed by atoms with Crippen molar-refractivity contribution in [2.24, 2.45) is 5.92 Å². The first-order valence-electron chi connectivity index (χ1n) is 13.1. The molecular weight excluding hydrogens is 608 g/mol. The third kappa shape index (κ3) is 6.63. The summed E-state index contributed by atoms with van der Waals surface area (Å²) < 4.78 is 50.0. The van der Waals surface area contributed by atoms with Crippen LogP contribution in [0.1, 0.15) is 62.2 Å². The maximum absolute atomic E-state index is 13.4. The maximum atomic E-state index is 13.4. The number of halogens is 1. The monoisotopic (exact) mass is 636 g/mol. The van der Waals surface area contributed by atoms with Crippen LogP contribution in [0.15, 0.2) is 35.6 Å². The van der Waals surface area contributed by atoms with E-state index in [1.807, 2.05) is 13.0 Å². The van der Waals surface area contributed by atoms with Gasteiger partial charge >= 0.3 is 0 Å². The lowest BCUT2D eigenvalue weighted by atomic mass is 9.88. The molecule has 1 aliphatic carbocycles. The molecule has 3 aromatic rings. The SMILES string of the molecule is Cc1cccc(CS(=O)(=O)c2ncc(Cl)c(C(=O)Nc3sc4c(c3C(=O)NC3CCS(=O)(=O)C3)CCC(C)C4)n2)c1. The van der Waals surface area contributed by atoms with E-state index in [-0.39, 0.29) is 33.0 Å². The third-order valence-corrected chi connectivity index (χ3v) is 11.9. The minimum absolute atomic E-state index is 0.0160. The summed E-state index contributed by atoms with van der Waals surface area (Å²) in [5.41, 5.74) is 2.25. The summed E-state index contributed by atoms with van der Waals surface area (Å²) in [6, 6.07) is 6.52. The van der Waals surface area contributed by atoms with Gasteiger partial charge in [-0.3, -0.25) is 9.59 Å². The number of thiophene rings is 1. The second-order valence-corrected chi connectivity index (χ2v) is 16.3. The predicted molar refractivity (Wildman–Crippen MR) is 157 cm³/mol. The average molecular weight is 637 g/mol. The van der Waals surface area contributed by atoms with Crippen molar-refractivity contribution in [3.8, 4) is 0 Å². The first-order valence-corrected chi connectivity index (χ1v) is 17.8. The number of anilines is 1. The van der Waals surface area contributed by atoms with Gasteiger partial charge in [-0.1, -0.05) is 48.4 Å². The van der Waals surface area contributed by atoms with Gasteiger partial charge in [0.1, 0.15) is 5.00 Å². The van der Waals surface area contributed by atoms with E-state index in [1.165, 1.54) is 11.3 Å². The summed E-state index contributed by atoms with van der Waals surface area (Å²) >= 11 is 7.52. The number of hydrogen-bond donors (Lipinski definition) is 2. The molecule has 41 heavy (non-hydrogen) atoms. The molecule has 1 saturated heterocycles. The molecule has 2 aromatic heterocycles. The minimum Gasteiger partial charge on any atom is -0.348 e. The lowest BCUT2D eigenvalue weighted by Crippen LogP contribution is -2.36. The van der Waals surface area contributed by atoms with Gasteiger partial charge in [-0.15, -0.1) is 11.3 Å². The number of amides is 2. The molecule has 0 saturated carbocycles. The van der Waals surface area contributed by atoms with E-state index in [4.69, 9.17) is 11.6 Å². The molecule has 1 aliphatic heterocycles. The molecule has 10 nitrogen and oxygen atoms in total. The van der Waals surface area contributed by atoms with Crippen LogP contribution in [0, 0.1) is 12.8 Å². The van der Waals surface area contributed by atoms with Gasteiger partial charge in [0.15, 0.2) is 15.5 Å². The van der Waals surface area contributed by atoms with Gasteiger partial charge in [-0.25, -0.2) is 26.8 Å². The second-order valence-electron chi connectivity index (χ2n) is 10.7. The van der Waals surface area contributed by atoms with E-state index in [0.717, 1.165) is 35.0 Å². The van der Waals surface area contributed by atoms with Gasteiger partial charge in [0, 0.05) is 10.9 Å². The molecule has 14 heteroatoms. The summed E-state index contributed by atoms with van der Waals surface area (Å²) in [4.78, 5) is 35.7. The molecule has 3 heterocycles. The maximum Gasteiger partial charge on any atom is 0.276 e. The van der Waals surface area contributed by atoms with Crippen molar-refractivity contribution in [3.05, 3.63) is 68.3 Å². The van der Waals surface area contributed by atoms with Crippen molar-refractivity contribution in [1.82, 2.24) is 15.3 Å². The Kier molecular flexibility index (Phi) is 8.25. The largest absolute Gasteiger partial charge is 0.348 e.